The van der Waals surface area contributed by atoms with E-state index in [9.17, 15) is 0 Å². The third-order valence-electron chi connectivity index (χ3n) is 6.01. The van der Waals surface area contributed by atoms with E-state index < -0.39 is 0 Å². The fourth-order valence-corrected chi connectivity index (χ4v) is 4.26. The minimum Gasteiger partial charge on any atom is -0.469 e. The fourth-order valence-electron chi connectivity index (χ4n) is 4.26. The number of hydrogen-bond acceptors (Lipinski definition) is 4. The van der Waals surface area contributed by atoms with Crippen molar-refractivity contribution in [1.29, 1.82) is 0 Å². The molecule has 0 radical (unpaired) electrons. The molecule has 2 unspecified atom stereocenters. The normalized spacial score (nSPS) is 21.1. The third kappa shape index (κ3) is 6.09. The van der Waals surface area contributed by atoms with Crippen LogP contribution in [0.2, 0.25) is 0 Å². The first kappa shape index (κ1) is 20.9. The molecule has 4 rings (SSSR count). The van der Waals surface area contributed by atoms with E-state index in [2.05, 4.69) is 45.9 Å². The molecule has 0 spiro atoms. The highest BCUT2D eigenvalue weighted by Crippen LogP contribution is 2.25. The first-order valence-electron chi connectivity index (χ1n) is 11.3. The zero-order valence-electron chi connectivity index (χ0n) is 17.8. The number of nitrogens with one attached hydrogen (secondary N) is 2. The average Bonchev–Trinajstić information content (AvgIpc) is 3.56. The summed E-state index contributed by atoms with van der Waals surface area (Å²) in [5.74, 6) is 2.43. The Morgan fingerprint density at radius 1 is 1.10 bits per heavy atom. The Balaban J connectivity index is 1.40. The second-order valence-corrected chi connectivity index (χ2v) is 8.23. The minimum absolute atomic E-state index is 0.326. The van der Waals surface area contributed by atoms with Crippen molar-refractivity contribution in [2.24, 2.45) is 10.9 Å². The van der Waals surface area contributed by atoms with Crippen molar-refractivity contribution in [3.05, 3.63) is 60.1 Å². The average molecular weight is 411 g/mol. The van der Waals surface area contributed by atoms with Gasteiger partial charge >= 0.3 is 0 Å². The van der Waals surface area contributed by atoms with E-state index in [-0.39, 0.29) is 0 Å². The number of nitrogens with zero attached hydrogens (tertiary/aromatic N) is 2. The Hall–Kier alpha value is -2.31. The lowest BCUT2D eigenvalue weighted by molar-refractivity contribution is 0.186. The molecular formula is C24H34N4O2. The molecule has 0 amide bonds. The molecule has 6 heteroatoms. The zero-order valence-corrected chi connectivity index (χ0v) is 17.8. The first-order chi connectivity index (χ1) is 14.9. The molecule has 2 fully saturated rings. The van der Waals surface area contributed by atoms with Gasteiger partial charge < -0.3 is 19.8 Å². The second-order valence-electron chi connectivity index (χ2n) is 8.23. The molecule has 1 aromatic heterocycles. The van der Waals surface area contributed by atoms with Crippen LogP contribution < -0.4 is 10.6 Å². The van der Waals surface area contributed by atoms with Gasteiger partial charge in [-0.25, -0.2) is 0 Å². The van der Waals surface area contributed by atoms with Crippen LogP contribution in [-0.4, -0.2) is 56.8 Å². The van der Waals surface area contributed by atoms with Crippen LogP contribution in [0.1, 0.15) is 36.6 Å². The largest absolute Gasteiger partial charge is 0.469 e. The monoisotopic (exact) mass is 410 g/mol. The van der Waals surface area contributed by atoms with E-state index >= 15 is 0 Å². The predicted molar refractivity (Wildman–Crippen MR) is 120 cm³/mol. The number of guanidine groups is 1. The highest BCUT2D eigenvalue weighted by molar-refractivity contribution is 5.79. The van der Waals surface area contributed by atoms with Gasteiger partial charge in [0, 0.05) is 32.0 Å². The van der Waals surface area contributed by atoms with Crippen molar-refractivity contribution < 1.29 is 9.15 Å². The van der Waals surface area contributed by atoms with E-state index in [1.807, 2.05) is 12.1 Å². The van der Waals surface area contributed by atoms with Gasteiger partial charge in [-0.3, -0.25) is 9.89 Å². The molecule has 3 heterocycles. The molecule has 0 saturated carbocycles. The van der Waals surface area contributed by atoms with Crippen LogP contribution in [0.3, 0.4) is 0 Å². The molecule has 0 bridgehead atoms. The van der Waals surface area contributed by atoms with Crippen molar-refractivity contribution in [3.63, 3.8) is 0 Å². The van der Waals surface area contributed by atoms with Crippen LogP contribution in [-0.2, 0) is 11.2 Å². The lowest BCUT2D eigenvalue weighted by atomic mass is 10.1. The molecule has 2 saturated heterocycles. The van der Waals surface area contributed by atoms with E-state index in [1.165, 1.54) is 18.4 Å². The summed E-state index contributed by atoms with van der Waals surface area (Å²) < 4.78 is 11.0. The number of furan rings is 1. The number of ether oxygens (including phenoxy) is 1. The van der Waals surface area contributed by atoms with E-state index in [0.717, 1.165) is 70.5 Å². The van der Waals surface area contributed by atoms with Gasteiger partial charge in [0.25, 0.3) is 0 Å². The Morgan fingerprint density at radius 3 is 2.70 bits per heavy atom. The zero-order chi connectivity index (χ0) is 20.4. The Bertz CT molecular complexity index is 751. The van der Waals surface area contributed by atoms with Crippen molar-refractivity contribution in [3.8, 4) is 0 Å². The summed E-state index contributed by atoms with van der Waals surface area (Å²) in [5.41, 5.74) is 1.35. The van der Waals surface area contributed by atoms with Gasteiger partial charge in [-0.05, 0) is 50.0 Å². The van der Waals surface area contributed by atoms with Gasteiger partial charge in [-0.2, -0.15) is 0 Å². The van der Waals surface area contributed by atoms with E-state index in [0.29, 0.717) is 12.0 Å². The maximum atomic E-state index is 5.52. The fraction of sp³-hybridized carbons (Fsp3) is 0.542. The summed E-state index contributed by atoms with van der Waals surface area (Å²) in [6.45, 7) is 6.46. The Kier molecular flexibility index (Phi) is 7.81. The van der Waals surface area contributed by atoms with E-state index in [4.69, 9.17) is 14.1 Å². The van der Waals surface area contributed by atoms with Crippen LogP contribution in [0, 0.1) is 5.92 Å². The van der Waals surface area contributed by atoms with Gasteiger partial charge in [0.15, 0.2) is 5.96 Å². The molecule has 0 aliphatic carbocycles. The molecule has 2 atom stereocenters. The van der Waals surface area contributed by atoms with Crippen LogP contribution in [0.5, 0.6) is 0 Å². The standard InChI is InChI=1S/C24H34N4O2/c1-2-7-21(8-3-1)23(28-13-4-5-14-28)18-27-24(26-17-20-11-16-29-19-20)25-12-10-22-9-6-15-30-22/h1-3,6-9,15,20,23H,4-5,10-14,16-19H2,(H2,25,26,27). The summed E-state index contributed by atoms with van der Waals surface area (Å²) in [7, 11) is 0. The van der Waals surface area contributed by atoms with Gasteiger partial charge in [-0.1, -0.05) is 30.3 Å². The highest BCUT2D eigenvalue weighted by atomic mass is 16.5. The number of hydrogen-bond donors (Lipinski definition) is 2. The quantitative estimate of drug-likeness (QED) is 0.491. The third-order valence-corrected chi connectivity index (χ3v) is 6.01. The Morgan fingerprint density at radius 2 is 1.97 bits per heavy atom. The maximum absolute atomic E-state index is 5.52. The first-order valence-corrected chi connectivity index (χ1v) is 11.3. The van der Waals surface area contributed by atoms with Crippen LogP contribution in [0.4, 0.5) is 0 Å². The second kappa shape index (κ2) is 11.2. The molecule has 2 aliphatic rings. The van der Waals surface area contributed by atoms with Crippen LogP contribution in [0.25, 0.3) is 0 Å². The van der Waals surface area contributed by atoms with Crippen molar-refractivity contribution in [2.75, 3.05) is 45.9 Å². The van der Waals surface area contributed by atoms with Gasteiger partial charge in [0.05, 0.1) is 25.5 Å². The summed E-state index contributed by atoms with van der Waals surface area (Å²) in [6, 6.07) is 15.1. The number of likely N-dealkylation sites (tertiary alicyclic amines) is 1. The van der Waals surface area contributed by atoms with E-state index in [1.54, 1.807) is 6.26 Å². The van der Waals surface area contributed by atoms with Crippen LogP contribution in [0.15, 0.2) is 58.1 Å². The number of rotatable bonds is 9. The molecule has 162 valence electrons. The minimum atomic E-state index is 0.326. The maximum Gasteiger partial charge on any atom is 0.191 e. The topological polar surface area (TPSA) is 62.0 Å². The smallest absolute Gasteiger partial charge is 0.191 e. The van der Waals surface area contributed by atoms with Crippen molar-refractivity contribution in [2.45, 2.75) is 31.7 Å². The summed E-state index contributed by atoms with van der Waals surface area (Å²) >= 11 is 0. The number of aliphatic imine (C=N–C) groups is 1. The molecular weight excluding hydrogens is 376 g/mol. The van der Waals surface area contributed by atoms with Gasteiger partial charge in [-0.15, -0.1) is 0 Å². The molecule has 2 aromatic rings. The molecule has 30 heavy (non-hydrogen) atoms. The lowest BCUT2D eigenvalue weighted by Crippen LogP contribution is -2.41. The lowest BCUT2D eigenvalue weighted by Gasteiger charge is -2.27. The van der Waals surface area contributed by atoms with Gasteiger partial charge in [0.2, 0.25) is 0 Å². The number of benzene rings is 1. The predicted octanol–water partition coefficient (Wildman–Crippen LogP) is 3.23. The van der Waals surface area contributed by atoms with Crippen LogP contribution >= 0.6 is 0 Å². The summed E-state index contributed by atoms with van der Waals surface area (Å²) in [5, 5.41) is 7.05. The highest BCUT2D eigenvalue weighted by Gasteiger charge is 2.23. The van der Waals surface area contributed by atoms with Crippen molar-refractivity contribution in [1.82, 2.24) is 15.5 Å². The molecule has 6 nitrogen and oxygen atoms in total. The SMILES string of the molecule is c1ccc(C(CN=C(NCCc2ccco2)NCC2CCOC2)N2CCCC2)cc1. The molecule has 2 aliphatic heterocycles. The molecule has 2 N–H and O–H groups in total. The van der Waals surface area contributed by atoms with Crippen molar-refractivity contribution >= 4 is 5.96 Å². The summed E-state index contributed by atoms with van der Waals surface area (Å²) in [4.78, 5) is 7.58. The van der Waals surface area contributed by atoms with Gasteiger partial charge in [0.1, 0.15) is 5.76 Å². The molecule has 1 aromatic carbocycles. The Labute approximate surface area is 179 Å². The summed E-state index contributed by atoms with van der Waals surface area (Å²) in [6.07, 6.45) is 6.24.